The number of nitrogens with zero attached hydrogens (tertiary/aromatic N) is 8. The quantitative estimate of drug-likeness (QED) is 0.356. The van der Waals surface area contributed by atoms with E-state index in [1.165, 1.54) is 18.2 Å². The SMILES string of the molecule is C=CC(=O)N1CCN(c2nc(Nc3cnn(C)c3)ncc2-c2ccc(Oc3nccc(C)n3)c(F)c2)CC1C. The fourth-order valence-corrected chi connectivity index (χ4v) is 4.41. The van der Waals surface area contributed by atoms with Gasteiger partial charge >= 0.3 is 6.01 Å². The Labute approximate surface area is 225 Å². The number of carbonyl (C=O) groups excluding carboxylic acids is 1. The van der Waals surface area contributed by atoms with Crippen molar-refractivity contribution in [2.75, 3.05) is 29.9 Å². The van der Waals surface area contributed by atoms with Gasteiger partial charge in [-0.15, -0.1) is 0 Å². The molecule has 0 bridgehead atoms. The standard InChI is InChI=1S/C27H28FN9O2/c1-5-24(38)37-11-10-36(15-18(37)3)25-21(14-30-26(34-25)33-20-13-31-35(4)16-20)19-6-7-23(22(28)12-19)39-27-29-9-8-17(2)32-27/h5-9,12-14,16,18H,1,10-11,15H2,2-4H3,(H,30,33,34). The summed E-state index contributed by atoms with van der Waals surface area (Å²) in [6.07, 6.45) is 8.02. The Bertz CT molecular complexity index is 1520. The molecule has 1 atom stereocenters. The van der Waals surface area contributed by atoms with Crippen LogP contribution in [-0.2, 0) is 11.8 Å². The van der Waals surface area contributed by atoms with E-state index in [0.717, 1.165) is 5.69 Å². The van der Waals surface area contributed by atoms with E-state index in [4.69, 9.17) is 9.72 Å². The predicted octanol–water partition coefficient (Wildman–Crippen LogP) is 3.87. The number of hydrogen-bond acceptors (Lipinski definition) is 9. The van der Waals surface area contributed by atoms with Crippen LogP contribution >= 0.6 is 0 Å². The average Bonchev–Trinajstić information content (AvgIpc) is 3.33. The van der Waals surface area contributed by atoms with Crippen LogP contribution in [0.25, 0.3) is 11.1 Å². The monoisotopic (exact) mass is 529 g/mol. The van der Waals surface area contributed by atoms with Crippen molar-refractivity contribution >= 4 is 23.4 Å². The molecule has 0 aliphatic carbocycles. The smallest absolute Gasteiger partial charge is 0.322 e. The molecular weight excluding hydrogens is 501 g/mol. The number of benzene rings is 1. The Morgan fingerprint density at radius 1 is 1.21 bits per heavy atom. The van der Waals surface area contributed by atoms with Gasteiger partial charge in [0.25, 0.3) is 0 Å². The van der Waals surface area contributed by atoms with Gasteiger partial charge in [0.15, 0.2) is 11.6 Å². The molecule has 0 spiro atoms. The molecular formula is C27H28FN9O2. The van der Waals surface area contributed by atoms with Gasteiger partial charge in [-0.05, 0) is 43.7 Å². The fourth-order valence-electron chi connectivity index (χ4n) is 4.41. The summed E-state index contributed by atoms with van der Waals surface area (Å²) in [7, 11) is 1.82. The second kappa shape index (κ2) is 10.9. The van der Waals surface area contributed by atoms with Crippen molar-refractivity contribution < 1.29 is 13.9 Å². The van der Waals surface area contributed by atoms with E-state index >= 15 is 4.39 Å². The normalized spacial score (nSPS) is 15.2. The molecule has 1 unspecified atom stereocenters. The number of amides is 1. The van der Waals surface area contributed by atoms with E-state index in [-0.39, 0.29) is 23.7 Å². The van der Waals surface area contributed by atoms with E-state index in [0.29, 0.717) is 48.2 Å². The highest BCUT2D eigenvalue weighted by Gasteiger charge is 2.29. The molecule has 11 nitrogen and oxygen atoms in total. The lowest BCUT2D eigenvalue weighted by Crippen LogP contribution is -2.54. The van der Waals surface area contributed by atoms with Crippen molar-refractivity contribution in [2.45, 2.75) is 19.9 Å². The van der Waals surface area contributed by atoms with Gasteiger partial charge in [-0.2, -0.15) is 10.1 Å². The largest absolute Gasteiger partial charge is 0.421 e. The molecule has 1 aliphatic heterocycles. The molecule has 39 heavy (non-hydrogen) atoms. The van der Waals surface area contributed by atoms with Crippen LogP contribution < -0.4 is 15.0 Å². The molecule has 1 saturated heterocycles. The minimum Gasteiger partial charge on any atom is -0.421 e. The second-order valence-corrected chi connectivity index (χ2v) is 9.22. The van der Waals surface area contributed by atoms with Gasteiger partial charge in [-0.1, -0.05) is 12.6 Å². The number of aryl methyl sites for hydroxylation is 2. The van der Waals surface area contributed by atoms with E-state index in [1.54, 1.807) is 47.2 Å². The Morgan fingerprint density at radius 2 is 2.05 bits per heavy atom. The highest BCUT2D eigenvalue weighted by atomic mass is 19.1. The summed E-state index contributed by atoms with van der Waals surface area (Å²) < 4.78 is 22.4. The molecule has 1 amide bonds. The van der Waals surface area contributed by atoms with Gasteiger partial charge < -0.3 is 19.9 Å². The fraction of sp³-hybridized carbons (Fsp3) is 0.259. The molecule has 4 heterocycles. The molecule has 1 aromatic carbocycles. The number of piperazine rings is 1. The molecule has 1 fully saturated rings. The zero-order valence-electron chi connectivity index (χ0n) is 21.9. The summed E-state index contributed by atoms with van der Waals surface area (Å²) in [6.45, 7) is 8.95. The minimum absolute atomic E-state index is 0.00635. The van der Waals surface area contributed by atoms with Crippen LogP contribution in [0.5, 0.6) is 11.8 Å². The summed E-state index contributed by atoms with van der Waals surface area (Å²) in [5.41, 5.74) is 2.66. The van der Waals surface area contributed by atoms with Gasteiger partial charge in [-0.25, -0.2) is 19.3 Å². The second-order valence-electron chi connectivity index (χ2n) is 9.22. The number of halogens is 1. The molecule has 0 saturated carbocycles. The van der Waals surface area contributed by atoms with E-state index in [1.807, 2.05) is 20.2 Å². The summed E-state index contributed by atoms with van der Waals surface area (Å²) >= 11 is 0. The third-order valence-electron chi connectivity index (χ3n) is 6.33. The number of ether oxygens (including phenoxy) is 1. The Hall–Kier alpha value is -4.87. The summed E-state index contributed by atoms with van der Waals surface area (Å²) in [4.78, 5) is 33.6. The lowest BCUT2D eigenvalue weighted by atomic mass is 10.1. The first kappa shape index (κ1) is 25.8. The Morgan fingerprint density at radius 3 is 2.74 bits per heavy atom. The lowest BCUT2D eigenvalue weighted by Gasteiger charge is -2.40. The summed E-state index contributed by atoms with van der Waals surface area (Å²) in [6, 6.07) is 6.37. The van der Waals surface area contributed by atoms with Gasteiger partial charge in [0.1, 0.15) is 5.82 Å². The average molecular weight is 530 g/mol. The number of carbonyl (C=O) groups is 1. The zero-order valence-corrected chi connectivity index (χ0v) is 21.9. The Kier molecular flexibility index (Phi) is 7.17. The molecule has 5 rings (SSSR count). The highest BCUT2D eigenvalue weighted by molar-refractivity contribution is 5.87. The van der Waals surface area contributed by atoms with Crippen LogP contribution in [0.2, 0.25) is 0 Å². The number of aromatic nitrogens is 6. The number of nitrogens with one attached hydrogen (secondary N) is 1. The first-order valence-electron chi connectivity index (χ1n) is 12.4. The summed E-state index contributed by atoms with van der Waals surface area (Å²) in [5.74, 6) is 0.307. The van der Waals surface area contributed by atoms with Crippen molar-refractivity contribution in [3.63, 3.8) is 0 Å². The topological polar surface area (TPSA) is 114 Å². The van der Waals surface area contributed by atoms with Crippen molar-refractivity contribution in [3.8, 4) is 22.9 Å². The van der Waals surface area contributed by atoms with E-state index < -0.39 is 5.82 Å². The highest BCUT2D eigenvalue weighted by Crippen LogP contribution is 2.34. The van der Waals surface area contributed by atoms with Crippen LogP contribution in [0.3, 0.4) is 0 Å². The molecule has 1 N–H and O–H groups in total. The van der Waals surface area contributed by atoms with Gasteiger partial charge in [0, 0.05) is 62.6 Å². The van der Waals surface area contributed by atoms with Gasteiger partial charge in [-0.3, -0.25) is 9.48 Å². The molecule has 1 aliphatic rings. The van der Waals surface area contributed by atoms with Crippen molar-refractivity contribution in [3.05, 3.63) is 73.2 Å². The molecule has 200 valence electrons. The third kappa shape index (κ3) is 5.69. The van der Waals surface area contributed by atoms with Crippen molar-refractivity contribution in [1.29, 1.82) is 0 Å². The van der Waals surface area contributed by atoms with Crippen LogP contribution in [0, 0.1) is 12.7 Å². The third-order valence-corrected chi connectivity index (χ3v) is 6.33. The van der Waals surface area contributed by atoms with Crippen LogP contribution in [-0.4, -0.2) is 66.2 Å². The predicted molar refractivity (Wildman–Crippen MR) is 144 cm³/mol. The van der Waals surface area contributed by atoms with Gasteiger partial charge in [0.2, 0.25) is 11.9 Å². The number of anilines is 3. The van der Waals surface area contributed by atoms with E-state index in [9.17, 15) is 4.79 Å². The van der Waals surface area contributed by atoms with Gasteiger partial charge in [0.05, 0.1) is 11.9 Å². The number of hydrogen-bond donors (Lipinski definition) is 1. The number of rotatable bonds is 7. The summed E-state index contributed by atoms with van der Waals surface area (Å²) in [5, 5.41) is 7.33. The van der Waals surface area contributed by atoms with Crippen molar-refractivity contribution in [1.82, 2.24) is 34.6 Å². The van der Waals surface area contributed by atoms with Crippen LogP contribution in [0.1, 0.15) is 12.6 Å². The maximum atomic E-state index is 15.2. The lowest BCUT2D eigenvalue weighted by molar-refractivity contribution is -0.128. The minimum atomic E-state index is -0.573. The molecule has 12 heteroatoms. The van der Waals surface area contributed by atoms with Crippen molar-refractivity contribution in [2.24, 2.45) is 7.05 Å². The zero-order chi connectivity index (χ0) is 27.5. The Balaban J connectivity index is 1.48. The maximum absolute atomic E-state index is 15.2. The molecule has 4 aromatic rings. The van der Waals surface area contributed by atoms with Crippen LogP contribution in [0.4, 0.5) is 21.8 Å². The molecule has 0 radical (unpaired) electrons. The molecule has 3 aromatic heterocycles. The van der Waals surface area contributed by atoms with Crippen LogP contribution in [0.15, 0.2) is 61.7 Å². The van der Waals surface area contributed by atoms with E-state index in [2.05, 4.69) is 36.8 Å². The maximum Gasteiger partial charge on any atom is 0.322 e. The first-order chi connectivity index (χ1) is 18.8. The first-order valence-corrected chi connectivity index (χ1v) is 12.4.